The van der Waals surface area contributed by atoms with Gasteiger partial charge in [0.25, 0.3) is 0 Å². The van der Waals surface area contributed by atoms with Crippen LogP contribution in [0, 0.1) is 11.7 Å². The van der Waals surface area contributed by atoms with E-state index in [-0.39, 0.29) is 27.7 Å². The fourth-order valence-electron chi connectivity index (χ4n) is 3.21. The lowest BCUT2D eigenvalue weighted by Gasteiger charge is -2.15. The van der Waals surface area contributed by atoms with Crippen molar-refractivity contribution in [3.63, 3.8) is 0 Å². The molecule has 0 spiro atoms. The first kappa shape index (κ1) is 18.4. The van der Waals surface area contributed by atoms with E-state index in [0.29, 0.717) is 12.5 Å². The molecule has 0 amide bonds. The summed E-state index contributed by atoms with van der Waals surface area (Å²) in [7, 11) is 1.13. The van der Waals surface area contributed by atoms with E-state index in [1.54, 1.807) is 0 Å². The van der Waals surface area contributed by atoms with Crippen LogP contribution in [-0.4, -0.2) is 28.1 Å². The number of rotatable bonds is 4. The first-order valence-corrected chi connectivity index (χ1v) is 8.61. The quantitative estimate of drug-likeness (QED) is 0.485. The molecule has 1 saturated carbocycles. The third-order valence-electron chi connectivity index (χ3n) is 4.78. The molecule has 28 heavy (non-hydrogen) atoms. The van der Waals surface area contributed by atoms with Gasteiger partial charge in [-0.3, -0.25) is 0 Å². The fraction of sp³-hybridized carbons (Fsp3) is 0.316. The van der Waals surface area contributed by atoms with Crippen molar-refractivity contribution >= 4 is 17.0 Å². The van der Waals surface area contributed by atoms with Gasteiger partial charge in [-0.2, -0.15) is 13.2 Å². The minimum absolute atomic E-state index is 0.0891. The number of methoxy groups -OCH3 is 1. The van der Waals surface area contributed by atoms with Gasteiger partial charge in [0, 0.05) is 12.1 Å². The van der Waals surface area contributed by atoms with Crippen LogP contribution in [0.3, 0.4) is 0 Å². The lowest BCUT2D eigenvalue weighted by molar-refractivity contribution is -0.135. The van der Waals surface area contributed by atoms with Crippen LogP contribution in [0.1, 0.15) is 28.8 Å². The van der Waals surface area contributed by atoms with E-state index < -0.39 is 23.5 Å². The summed E-state index contributed by atoms with van der Waals surface area (Å²) in [5, 5.41) is 7.60. The Morgan fingerprint density at radius 2 is 1.93 bits per heavy atom. The lowest BCUT2D eigenvalue weighted by Crippen LogP contribution is -2.10. The van der Waals surface area contributed by atoms with E-state index in [2.05, 4.69) is 15.0 Å². The van der Waals surface area contributed by atoms with Crippen molar-refractivity contribution in [2.75, 3.05) is 7.11 Å². The number of halogens is 4. The van der Waals surface area contributed by atoms with Crippen LogP contribution in [0.25, 0.3) is 22.2 Å². The van der Waals surface area contributed by atoms with Crippen LogP contribution < -0.4 is 0 Å². The molecule has 0 atom stereocenters. The molecule has 0 saturated heterocycles. The molecule has 1 heterocycles. The molecule has 1 aliphatic rings. The number of hydrogen-bond acceptors (Lipinski definition) is 4. The molecule has 146 valence electrons. The highest BCUT2D eigenvalue weighted by molar-refractivity contribution is 5.91. The second-order valence-electron chi connectivity index (χ2n) is 6.75. The van der Waals surface area contributed by atoms with Crippen molar-refractivity contribution < 1.29 is 27.1 Å². The highest BCUT2D eigenvalue weighted by atomic mass is 19.4. The number of benzene rings is 2. The van der Waals surface area contributed by atoms with Crippen molar-refractivity contribution in [2.45, 2.75) is 25.6 Å². The second kappa shape index (κ2) is 6.57. The summed E-state index contributed by atoms with van der Waals surface area (Å²) in [5.74, 6) is -1.33. The van der Waals surface area contributed by atoms with Gasteiger partial charge >= 0.3 is 12.1 Å². The van der Waals surface area contributed by atoms with Crippen LogP contribution in [0.15, 0.2) is 30.3 Å². The molecule has 4 rings (SSSR count). The molecular formula is C19H15F4N3O2. The molecule has 1 aliphatic carbocycles. The Bertz CT molecular complexity index is 1070. The van der Waals surface area contributed by atoms with E-state index in [1.807, 2.05) is 0 Å². The number of alkyl halides is 3. The van der Waals surface area contributed by atoms with Gasteiger partial charge in [-0.25, -0.2) is 13.9 Å². The Morgan fingerprint density at radius 3 is 2.54 bits per heavy atom. The maximum Gasteiger partial charge on any atom is 0.419 e. The summed E-state index contributed by atoms with van der Waals surface area (Å²) >= 11 is 0. The molecule has 0 N–H and O–H groups in total. The van der Waals surface area contributed by atoms with E-state index in [1.165, 1.54) is 22.9 Å². The predicted octanol–water partition coefficient (Wildman–Crippen LogP) is 4.45. The Balaban J connectivity index is 1.88. The zero-order chi connectivity index (χ0) is 20.1. The number of ether oxygens (including phenoxy) is 1. The van der Waals surface area contributed by atoms with Gasteiger partial charge in [0.1, 0.15) is 11.3 Å². The van der Waals surface area contributed by atoms with Crippen LogP contribution in [0.4, 0.5) is 17.6 Å². The largest absolute Gasteiger partial charge is 0.465 e. The number of aromatic nitrogens is 3. The maximum absolute atomic E-state index is 14.6. The van der Waals surface area contributed by atoms with Crippen LogP contribution in [0.2, 0.25) is 0 Å². The van der Waals surface area contributed by atoms with Crippen LogP contribution in [-0.2, 0) is 17.5 Å². The third kappa shape index (κ3) is 3.21. The number of hydrogen-bond donors (Lipinski definition) is 0. The second-order valence-corrected chi connectivity index (χ2v) is 6.75. The van der Waals surface area contributed by atoms with Gasteiger partial charge in [0.15, 0.2) is 0 Å². The van der Waals surface area contributed by atoms with E-state index >= 15 is 0 Å². The first-order chi connectivity index (χ1) is 13.3. The molecule has 0 bridgehead atoms. The standard InChI is InChI=1S/C19H15F4N3O2/c1-28-18(27)11-4-5-12(14(20)8-11)13-6-7-15-17(16(13)19(21,22)23)24-25-26(15)9-10-2-3-10/h4-8,10H,2-3,9H2,1H3. The number of fused-ring (bicyclic) bond motifs is 1. The highest BCUT2D eigenvalue weighted by Gasteiger charge is 2.38. The van der Waals surface area contributed by atoms with Gasteiger partial charge in [0.05, 0.1) is 23.8 Å². The SMILES string of the molecule is COC(=O)c1ccc(-c2ccc3c(nnn3CC3CC3)c2C(F)(F)F)c(F)c1. The number of esters is 1. The summed E-state index contributed by atoms with van der Waals surface area (Å²) in [6, 6.07) is 5.89. The van der Waals surface area contributed by atoms with Gasteiger partial charge in [-0.1, -0.05) is 17.3 Å². The Kier molecular flexibility index (Phi) is 4.32. The van der Waals surface area contributed by atoms with Gasteiger partial charge < -0.3 is 4.74 Å². The lowest BCUT2D eigenvalue weighted by atomic mass is 9.96. The average molecular weight is 393 g/mol. The fourth-order valence-corrected chi connectivity index (χ4v) is 3.21. The van der Waals surface area contributed by atoms with Crippen molar-refractivity contribution in [3.05, 3.63) is 47.3 Å². The molecule has 1 aromatic heterocycles. The molecule has 1 fully saturated rings. The minimum atomic E-state index is -4.76. The highest BCUT2D eigenvalue weighted by Crippen LogP contribution is 2.42. The Morgan fingerprint density at radius 1 is 1.21 bits per heavy atom. The molecule has 0 radical (unpaired) electrons. The number of carbonyl (C=O) groups excluding carboxylic acids is 1. The molecule has 2 aromatic carbocycles. The molecule has 0 aliphatic heterocycles. The van der Waals surface area contributed by atoms with Gasteiger partial charge in [-0.15, -0.1) is 5.10 Å². The summed E-state index contributed by atoms with van der Waals surface area (Å²) in [5.41, 5.74) is -1.83. The molecular weight excluding hydrogens is 378 g/mol. The molecule has 9 heteroatoms. The van der Waals surface area contributed by atoms with Crippen molar-refractivity contribution in [3.8, 4) is 11.1 Å². The van der Waals surface area contributed by atoms with Crippen LogP contribution in [0.5, 0.6) is 0 Å². The van der Waals surface area contributed by atoms with Crippen molar-refractivity contribution in [2.24, 2.45) is 5.92 Å². The minimum Gasteiger partial charge on any atom is -0.465 e. The van der Waals surface area contributed by atoms with E-state index in [9.17, 15) is 22.4 Å². The Labute approximate surface area is 156 Å². The zero-order valence-electron chi connectivity index (χ0n) is 14.8. The average Bonchev–Trinajstić information content (AvgIpc) is 3.38. The van der Waals surface area contributed by atoms with Gasteiger partial charge in [0.2, 0.25) is 0 Å². The monoisotopic (exact) mass is 393 g/mol. The van der Waals surface area contributed by atoms with Gasteiger partial charge in [-0.05, 0) is 42.5 Å². The van der Waals surface area contributed by atoms with E-state index in [0.717, 1.165) is 32.1 Å². The summed E-state index contributed by atoms with van der Waals surface area (Å²) in [6.07, 6.45) is -2.73. The third-order valence-corrected chi connectivity index (χ3v) is 4.78. The smallest absolute Gasteiger partial charge is 0.419 e. The van der Waals surface area contributed by atoms with Crippen molar-refractivity contribution in [1.82, 2.24) is 15.0 Å². The summed E-state index contributed by atoms with van der Waals surface area (Å²) < 4.78 is 62.1. The Hall–Kier alpha value is -2.97. The first-order valence-electron chi connectivity index (χ1n) is 8.61. The maximum atomic E-state index is 14.6. The van der Waals surface area contributed by atoms with E-state index in [4.69, 9.17) is 0 Å². The van der Waals surface area contributed by atoms with Crippen LogP contribution >= 0.6 is 0 Å². The molecule has 0 unspecified atom stereocenters. The zero-order valence-corrected chi connectivity index (χ0v) is 14.8. The molecule has 3 aromatic rings. The molecule has 5 nitrogen and oxygen atoms in total. The topological polar surface area (TPSA) is 57.0 Å². The number of carbonyl (C=O) groups is 1. The summed E-state index contributed by atoms with van der Waals surface area (Å²) in [4.78, 5) is 11.5. The normalized spacial score (nSPS) is 14.5. The predicted molar refractivity (Wildman–Crippen MR) is 92.0 cm³/mol. The summed E-state index contributed by atoms with van der Waals surface area (Å²) in [6.45, 7) is 0.509. The number of nitrogens with zero attached hydrogens (tertiary/aromatic N) is 3. The van der Waals surface area contributed by atoms with Crippen molar-refractivity contribution in [1.29, 1.82) is 0 Å².